The van der Waals surface area contributed by atoms with Gasteiger partial charge >= 0.3 is 0 Å². The Morgan fingerprint density at radius 3 is 2.79 bits per heavy atom. The minimum absolute atomic E-state index is 0.0688. The summed E-state index contributed by atoms with van der Waals surface area (Å²) < 4.78 is 1.59. The minimum Gasteiger partial charge on any atom is -0.322 e. The maximum atomic E-state index is 12.0. The Balaban J connectivity index is 2.22. The lowest BCUT2D eigenvalue weighted by molar-refractivity contribution is -0.384. The fourth-order valence-corrected chi connectivity index (χ4v) is 1.62. The average Bonchev–Trinajstić information content (AvgIpc) is 2.70. The highest BCUT2D eigenvalue weighted by atomic mass is 16.6. The maximum absolute atomic E-state index is 12.0. The molecule has 1 aromatic heterocycles. The first-order chi connectivity index (χ1) is 8.99. The highest BCUT2D eigenvalue weighted by Gasteiger charge is 2.14. The first-order valence-electron chi connectivity index (χ1n) is 5.53. The number of carbonyl (C=O) groups excluding carboxylic acids is 1. The minimum atomic E-state index is -0.509. The summed E-state index contributed by atoms with van der Waals surface area (Å²) in [6.07, 6.45) is 1.46. The summed E-state index contributed by atoms with van der Waals surface area (Å²) in [5.41, 5.74) is 1.47. The highest BCUT2D eigenvalue weighted by Crippen LogP contribution is 2.18. The Labute approximate surface area is 109 Å². The number of nitro groups is 1. The molecule has 0 unspecified atom stereocenters. The molecule has 0 spiro atoms. The van der Waals surface area contributed by atoms with Crippen molar-refractivity contribution in [3.63, 3.8) is 0 Å². The van der Waals surface area contributed by atoms with Crippen LogP contribution in [0.4, 0.5) is 11.4 Å². The van der Waals surface area contributed by atoms with E-state index in [0.29, 0.717) is 11.3 Å². The molecule has 0 saturated heterocycles. The van der Waals surface area contributed by atoms with Gasteiger partial charge in [0, 0.05) is 30.6 Å². The first kappa shape index (κ1) is 12.7. The lowest BCUT2D eigenvalue weighted by Crippen LogP contribution is -2.13. The third-order valence-corrected chi connectivity index (χ3v) is 2.79. The van der Waals surface area contributed by atoms with Gasteiger partial charge < -0.3 is 5.32 Å². The van der Waals surface area contributed by atoms with E-state index in [-0.39, 0.29) is 11.6 Å². The quantitative estimate of drug-likeness (QED) is 0.674. The van der Waals surface area contributed by atoms with E-state index in [0.717, 1.165) is 5.69 Å². The predicted molar refractivity (Wildman–Crippen MR) is 69.0 cm³/mol. The largest absolute Gasteiger partial charge is 0.322 e. The predicted octanol–water partition coefficient (Wildman–Crippen LogP) is 1.89. The normalized spacial score (nSPS) is 10.2. The van der Waals surface area contributed by atoms with Crippen LogP contribution < -0.4 is 5.32 Å². The number of hydrogen-bond acceptors (Lipinski definition) is 4. The number of nitrogens with one attached hydrogen (secondary N) is 1. The Kier molecular flexibility index (Phi) is 3.28. The Bertz CT molecular complexity index is 648. The van der Waals surface area contributed by atoms with Crippen LogP contribution >= 0.6 is 0 Å². The molecule has 1 N–H and O–H groups in total. The molecule has 1 amide bonds. The van der Waals surface area contributed by atoms with Crippen molar-refractivity contribution in [1.82, 2.24) is 9.78 Å². The van der Waals surface area contributed by atoms with Gasteiger partial charge in [-0.15, -0.1) is 0 Å². The van der Waals surface area contributed by atoms with Gasteiger partial charge in [0.05, 0.1) is 16.7 Å². The molecule has 19 heavy (non-hydrogen) atoms. The van der Waals surface area contributed by atoms with Crippen molar-refractivity contribution in [3.05, 3.63) is 51.8 Å². The molecular weight excluding hydrogens is 248 g/mol. The van der Waals surface area contributed by atoms with E-state index >= 15 is 0 Å². The van der Waals surface area contributed by atoms with Gasteiger partial charge in [0.2, 0.25) is 0 Å². The van der Waals surface area contributed by atoms with E-state index in [1.165, 1.54) is 24.4 Å². The lowest BCUT2D eigenvalue weighted by atomic mass is 10.2. The van der Waals surface area contributed by atoms with E-state index in [2.05, 4.69) is 10.4 Å². The summed E-state index contributed by atoms with van der Waals surface area (Å²) in [7, 11) is 1.74. The van der Waals surface area contributed by atoms with Gasteiger partial charge in [-0.05, 0) is 13.0 Å². The van der Waals surface area contributed by atoms with Gasteiger partial charge in [0.25, 0.3) is 11.6 Å². The van der Waals surface area contributed by atoms with Gasteiger partial charge in [-0.3, -0.25) is 19.6 Å². The topological polar surface area (TPSA) is 90.1 Å². The molecule has 0 radical (unpaired) electrons. The zero-order valence-electron chi connectivity index (χ0n) is 10.5. The summed E-state index contributed by atoms with van der Waals surface area (Å²) in [6.45, 7) is 1.77. The molecule has 0 fully saturated rings. The van der Waals surface area contributed by atoms with E-state index in [1.807, 2.05) is 0 Å². The number of hydrogen-bond donors (Lipinski definition) is 1. The fraction of sp³-hybridized carbons (Fsp3) is 0.167. The molecule has 1 heterocycles. The summed E-state index contributed by atoms with van der Waals surface area (Å²) in [4.78, 5) is 22.1. The Morgan fingerprint density at radius 1 is 1.47 bits per heavy atom. The molecule has 0 bridgehead atoms. The zero-order valence-corrected chi connectivity index (χ0v) is 10.5. The maximum Gasteiger partial charge on any atom is 0.271 e. The molecule has 0 atom stereocenters. The van der Waals surface area contributed by atoms with E-state index in [1.54, 1.807) is 24.7 Å². The van der Waals surface area contributed by atoms with Crippen molar-refractivity contribution < 1.29 is 9.72 Å². The monoisotopic (exact) mass is 260 g/mol. The van der Waals surface area contributed by atoms with E-state index in [9.17, 15) is 14.9 Å². The Morgan fingerprint density at radius 2 is 2.21 bits per heavy atom. The lowest BCUT2D eigenvalue weighted by Gasteiger charge is -2.04. The van der Waals surface area contributed by atoms with Crippen LogP contribution in [-0.4, -0.2) is 20.6 Å². The number of amides is 1. The van der Waals surface area contributed by atoms with Gasteiger partial charge in [-0.2, -0.15) is 5.10 Å². The molecule has 2 aromatic rings. The second-order valence-electron chi connectivity index (χ2n) is 4.03. The third-order valence-electron chi connectivity index (χ3n) is 2.79. The summed E-state index contributed by atoms with van der Waals surface area (Å²) in [5, 5.41) is 17.2. The van der Waals surface area contributed by atoms with Gasteiger partial charge in [0.1, 0.15) is 0 Å². The summed E-state index contributed by atoms with van der Waals surface area (Å²) >= 11 is 0. The number of anilines is 1. The standard InChI is InChI=1S/C12H12N4O3/c1-8-11(7-13-15(8)2)12(17)14-9-4-3-5-10(6-9)16(18)19/h3-7H,1-2H3,(H,14,17). The number of aryl methyl sites for hydroxylation is 1. The number of aromatic nitrogens is 2. The number of non-ortho nitro benzene ring substituents is 1. The highest BCUT2D eigenvalue weighted by molar-refractivity contribution is 6.05. The van der Waals surface area contributed by atoms with Crippen molar-refractivity contribution in [1.29, 1.82) is 0 Å². The van der Waals surface area contributed by atoms with Crippen LogP contribution in [0.3, 0.4) is 0 Å². The molecule has 0 saturated carbocycles. The number of nitrogens with zero attached hydrogens (tertiary/aromatic N) is 3. The molecule has 98 valence electrons. The number of nitro benzene ring substituents is 1. The second kappa shape index (κ2) is 4.89. The van der Waals surface area contributed by atoms with Gasteiger partial charge in [-0.1, -0.05) is 6.07 Å². The summed E-state index contributed by atoms with van der Waals surface area (Å²) in [5.74, 6) is -0.342. The van der Waals surface area contributed by atoms with Gasteiger partial charge in [-0.25, -0.2) is 0 Å². The van der Waals surface area contributed by atoms with Crippen LogP contribution in [0.25, 0.3) is 0 Å². The van der Waals surface area contributed by atoms with E-state index < -0.39 is 4.92 Å². The molecule has 7 heteroatoms. The SMILES string of the molecule is Cc1c(C(=O)Nc2cccc([N+](=O)[O-])c2)cnn1C. The number of rotatable bonds is 3. The van der Waals surface area contributed by atoms with Crippen LogP contribution in [0, 0.1) is 17.0 Å². The molecule has 0 aliphatic rings. The molecule has 0 aliphatic heterocycles. The second-order valence-corrected chi connectivity index (χ2v) is 4.03. The number of carbonyl (C=O) groups is 1. The third kappa shape index (κ3) is 2.59. The fourth-order valence-electron chi connectivity index (χ4n) is 1.62. The Hall–Kier alpha value is -2.70. The molecular formula is C12H12N4O3. The summed E-state index contributed by atoms with van der Waals surface area (Å²) in [6, 6.07) is 5.79. The van der Waals surface area contributed by atoms with Crippen molar-refractivity contribution in [2.24, 2.45) is 7.05 Å². The first-order valence-corrected chi connectivity index (χ1v) is 5.53. The zero-order chi connectivity index (χ0) is 14.0. The average molecular weight is 260 g/mol. The van der Waals surface area contributed by atoms with Crippen LogP contribution in [-0.2, 0) is 7.05 Å². The van der Waals surface area contributed by atoms with Gasteiger partial charge in [0.15, 0.2) is 0 Å². The van der Waals surface area contributed by atoms with Crippen molar-refractivity contribution in [2.75, 3.05) is 5.32 Å². The molecule has 0 aliphatic carbocycles. The smallest absolute Gasteiger partial charge is 0.271 e. The van der Waals surface area contributed by atoms with Crippen LogP contribution in [0.2, 0.25) is 0 Å². The molecule has 1 aromatic carbocycles. The van der Waals surface area contributed by atoms with Crippen molar-refractivity contribution in [2.45, 2.75) is 6.92 Å². The van der Waals surface area contributed by atoms with Crippen LogP contribution in [0.5, 0.6) is 0 Å². The van der Waals surface area contributed by atoms with Crippen LogP contribution in [0.1, 0.15) is 16.1 Å². The van der Waals surface area contributed by atoms with Crippen LogP contribution in [0.15, 0.2) is 30.5 Å². The van der Waals surface area contributed by atoms with E-state index in [4.69, 9.17) is 0 Å². The number of benzene rings is 1. The molecule has 7 nitrogen and oxygen atoms in total. The molecule has 2 rings (SSSR count). The van der Waals surface area contributed by atoms with Crippen molar-refractivity contribution in [3.8, 4) is 0 Å². The van der Waals surface area contributed by atoms with Crippen molar-refractivity contribution >= 4 is 17.3 Å².